The van der Waals surface area contributed by atoms with E-state index in [4.69, 9.17) is 5.21 Å². The van der Waals surface area contributed by atoms with Crippen LogP contribution in [0.3, 0.4) is 0 Å². The molecule has 0 fully saturated rings. The Balaban J connectivity index is 2.53. The van der Waals surface area contributed by atoms with Gasteiger partial charge in [0.15, 0.2) is 0 Å². The number of hydrogen-bond acceptors (Lipinski definition) is 3. The smallest absolute Gasteiger partial charge is 0.109 e. The van der Waals surface area contributed by atoms with Gasteiger partial charge in [-0.05, 0) is 26.7 Å². The van der Waals surface area contributed by atoms with Crippen LogP contribution in [-0.4, -0.2) is 20.5 Å². The van der Waals surface area contributed by atoms with Crippen molar-refractivity contribution in [2.75, 3.05) is 0 Å². The van der Waals surface area contributed by atoms with Gasteiger partial charge in [0, 0.05) is 13.0 Å². The lowest BCUT2D eigenvalue weighted by Crippen LogP contribution is -2.15. The molecule has 0 saturated heterocycles. The van der Waals surface area contributed by atoms with Gasteiger partial charge >= 0.3 is 0 Å². The molecule has 0 atom stereocenters. The largest absolute Gasteiger partial charge is 0.411 e. The Morgan fingerprint density at radius 2 is 2.29 bits per heavy atom. The molecule has 1 aromatic rings. The van der Waals surface area contributed by atoms with Crippen LogP contribution in [0.25, 0.3) is 0 Å². The molecule has 0 amide bonds. The quantitative estimate of drug-likeness (QED) is 0.419. The molecule has 0 radical (unpaired) electrons. The van der Waals surface area contributed by atoms with Gasteiger partial charge in [0.1, 0.15) is 11.5 Å². The highest BCUT2D eigenvalue weighted by Gasteiger charge is 2.18. The fourth-order valence-electron chi connectivity index (χ4n) is 2.12. The minimum atomic E-state index is 0.656. The van der Waals surface area contributed by atoms with Crippen molar-refractivity contribution >= 4 is 5.71 Å². The summed E-state index contributed by atoms with van der Waals surface area (Å²) in [6.45, 7) is 4.78. The number of imidazole rings is 1. The van der Waals surface area contributed by atoms with Crippen LogP contribution < -0.4 is 0 Å². The van der Waals surface area contributed by atoms with Crippen molar-refractivity contribution in [3.63, 3.8) is 0 Å². The first kappa shape index (κ1) is 9.24. The van der Waals surface area contributed by atoms with E-state index in [-0.39, 0.29) is 0 Å². The summed E-state index contributed by atoms with van der Waals surface area (Å²) in [5, 5.41) is 12.0. The van der Waals surface area contributed by atoms with Crippen LogP contribution in [0.1, 0.15) is 37.0 Å². The van der Waals surface area contributed by atoms with Crippen LogP contribution in [0, 0.1) is 6.92 Å². The fraction of sp³-hybridized carbons (Fsp3) is 0.600. The average Bonchev–Trinajstić information content (AvgIpc) is 2.53. The number of aryl methyl sites for hydroxylation is 2. The second kappa shape index (κ2) is 3.44. The van der Waals surface area contributed by atoms with E-state index >= 15 is 0 Å². The van der Waals surface area contributed by atoms with Crippen LogP contribution in [0.5, 0.6) is 0 Å². The molecule has 2 rings (SSSR count). The summed E-state index contributed by atoms with van der Waals surface area (Å²) in [7, 11) is 0. The lowest BCUT2D eigenvalue weighted by atomic mass is 10.1. The normalized spacial score (nSPS) is 16.9. The van der Waals surface area contributed by atoms with Gasteiger partial charge in [0.2, 0.25) is 0 Å². The highest BCUT2D eigenvalue weighted by atomic mass is 16.4. The summed E-state index contributed by atoms with van der Waals surface area (Å²) >= 11 is 0. The van der Waals surface area contributed by atoms with Gasteiger partial charge < -0.3 is 9.77 Å². The van der Waals surface area contributed by atoms with E-state index in [1.807, 2.05) is 13.8 Å². The van der Waals surface area contributed by atoms with Crippen molar-refractivity contribution in [3.8, 4) is 0 Å². The lowest BCUT2D eigenvalue weighted by Gasteiger charge is -2.15. The molecule has 0 unspecified atom stereocenters. The van der Waals surface area contributed by atoms with Gasteiger partial charge in [-0.1, -0.05) is 5.16 Å². The topological polar surface area (TPSA) is 50.4 Å². The highest BCUT2D eigenvalue weighted by Crippen LogP contribution is 2.19. The number of oxime groups is 1. The molecular formula is C10H15N3O. The van der Waals surface area contributed by atoms with Crippen molar-refractivity contribution in [3.05, 3.63) is 17.2 Å². The maximum atomic E-state index is 8.78. The molecule has 0 aromatic carbocycles. The third-order valence-electron chi connectivity index (χ3n) is 2.75. The van der Waals surface area contributed by atoms with Crippen molar-refractivity contribution < 1.29 is 5.21 Å². The maximum Gasteiger partial charge on any atom is 0.109 e. The van der Waals surface area contributed by atoms with E-state index in [2.05, 4.69) is 14.7 Å². The Bertz CT molecular complexity index is 379. The standard InChI is InChI=1S/C10H15N3O/c1-7-10(8(2)12-14)13-6-4-3-5-9(13)11-7/h14H,3-6H2,1-2H3/b12-8-. The Hall–Kier alpha value is -1.32. The molecule has 14 heavy (non-hydrogen) atoms. The van der Waals surface area contributed by atoms with Crippen molar-refractivity contribution in [2.45, 2.75) is 39.7 Å². The maximum absolute atomic E-state index is 8.78. The number of nitrogens with zero attached hydrogens (tertiary/aromatic N) is 3. The van der Waals surface area contributed by atoms with E-state index in [0.29, 0.717) is 5.71 Å². The van der Waals surface area contributed by atoms with Gasteiger partial charge in [-0.3, -0.25) is 0 Å². The van der Waals surface area contributed by atoms with Crippen LogP contribution in [0.4, 0.5) is 0 Å². The molecule has 4 nitrogen and oxygen atoms in total. The summed E-state index contributed by atoms with van der Waals surface area (Å²) in [6, 6.07) is 0. The average molecular weight is 193 g/mol. The molecule has 2 heterocycles. The summed E-state index contributed by atoms with van der Waals surface area (Å²) in [5.41, 5.74) is 2.61. The molecule has 0 bridgehead atoms. The molecule has 1 aliphatic rings. The van der Waals surface area contributed by atoms with Crippen molar-refractivity contribution in [1.82, 2.24) is 9.55 Å². The highest BCUT2D eigenvalue weighted by molar-refractivity contribution is 5.97. The third kappa shape index (κ3) is 1.31. The van der Waals surface area contributed by atoms with Gasteiger partial charge in [-0.15, -0.1) is 0 Å². The van der Waals surface area contributed by atoms with Crippen LogP contribution >= 0.6 is 0 Å². The molecule has 76 valence electrons. The van der Waals surface area contributed by atoms with E-state index in [1.165, 1.54) is 12.8 Å². The SMILES string of the molecule is C/C(=N/O)c1c(C)nc2n1CCCC2. The van der Waals surface area contributed by atoms with Gasteiger partial charge in [-0.2, -0.15) is 0 Å². The third-order valence-corrected chi connectivity index (χ3v) is 2.75. The first-order valence-corrected chi connectivity index (χ1v) is 4.99. The summed E-state index contributed by atoms with van der Waals surface area (Å²) in [6.07, 6.45) is 3.44. The van der Waals surface area contributed by atoms with Crippen LogP contribution in [0.15, 0.2) is 5.16 Å². The van der Waals surface area contributed by atoms with Crippen LogP contribution in [0.2, 0.25) is 0 Å². The summed E-state index contributed by atoms with van der Waals surface area (Å²) < 4.78 is 2.17. The first-order chi connectivity index (χ1) is 6.74. The zero-order chi connectivity index (χ0) is 10.1. The predicted octanol–water partition coefficient (Wildman–Crippen LogP) is 1.73. The van der Waals surface area contributed by atoms with Gasteiger partial charge in [-0.25, -0.2) is 4.98 Å². The monoisotopic (exact) mass is 193 g/mol. The number of fused-ring (bicyclic) bond motifs is 1. The zero-order valence-corrected chi connectivity index (χ0v) is 8.62. The van der Waals surface area contributed by atoms with E-state index in [9.17, 15) is 0 Å². The minimum absolute atomic E-state index is 0.656. The number of rotatable bonds is 1. The lowest BCUT2D eigenvalue weighted by molar-refractivity contribution is 0.318. The molecule has 1 aliphatic heterocycles. The first-order valence-electron chi connectivity index (χ1n) is 4.99. The van der Waals surface area contributed by atoms with Crippen molar-refractivity contribution in [2.24, 2.45) is 5.16 Å². The second-order valence-corrected chi connectivity index (χ2v) is 3.76. The Labute approximate surface area is 83.3 Å². The minimum Gasteiger partial charge on any atom is -0.411 e. The molecular weight excluding hydrogens is 178 g/mol. The van der Waals surface area contributed by atoms with Crippen molar-refractivity contribution in [1.29, 1.82) is 0 Å². The van der Waals surface area contributed by atoms with E-state index in [1.54, 1.807) is 0 Å². The molecule has 0 saturated carbocycles. The Morgan fingerprint density at radius 3 is 3.00 bits per heavy atom. The summed E-state index contributed by atoms with van der Waals surface area (Å²) in [4.78, 5) is 4.49. The van der Waals surface area contributed by atoms with E-state index in [0.717, 1.165) is 30.2 Å². The fourth-order valence-corrected chi connectivity index (χ4v) is 2.12. The molecule has 4 heteroatoms. The van der Waals surface area contributed by atoms with Crippen LogP contribution in [-0.2, 0) is 13.0 Å². The van der Waals surface area contributed by atoms with Gasteiger partial charge in [0.05, 0.1) is 11.4 Å². The molecule has 0 spiro atoms. The summed E-state index contributed by atoms with van der Waals surface area (Å²) in [5.74, 6) is 1.13. The second-order valence-electron chi connectivity index (χ2n) is 3.76. The van der Waals surface area contributed by atoms with E-state index < -0.39 is 0 Å². The Kier molecular flexibility index (Phi) is 2.27. The molecule has 0 aliphatic carbocycles. The Morgan fingerprint density at radius 1 is 1.50 bits per heavy atom. The number of hydrogen-bond donors (Lipinski definition) is 1. The molecule has 1 N–H and O–H groups in total. The zero-order valence-electron chi connectivity index (χ0n) is 8.62. The van der Waals surface area contributed by atoms with Gasteiger partial charge in [0.25, 0.3) is 0 Å². The predicted molar refractivity (Wildman–Crippen MR) is 53.9 cm³/mol. The number of aromatic nitrogens is 2. The molecule has 1 aromatic heterocycles.